The minimum absolute atomic E-state index is 0.0128. The number of amides is 5. The lowest BCUT2D eigenvalue weighted by atomic mass is 9.92. The van der Waals surface area contributed by atoms with Gasteiger partial charge in [-0.15, -0.1) is 0 Å². The van der Waals surface area contributed by atoms with E-state index in [9.17, 15) is 24.0 Å². The molecule has 2 aromatic carbocycles. The first kappa shape index (κ1) is 28.7. The number of nitrogens with zero attached hydrogens (tertiary/aromatic N) is 2. The average Bonchev–Trinajstić information content (AvgIpc) is 3.55. The Morgan fingerprint density at radius 1 is 0.795 bits per heavy atom. The summed E-state index contributed by atoms with van der Waals surface area (Å²) in [7, 11) is 0. The van der Waals surface area contributed by atoms with Gasteiger partial charge in [0, 0.05) is 37.2 Å². The van der Waals surface area contributed by atoms with Crippen LogP contribution in [0.25, 0.3) is 0 Å². The smallest absolute Gasteiger partial charge is 0.262 e. The van der Waals surface area contributed by atoms with Crippen molar-refractivity contribution in [2.45, 2.75) is 108 Å². The van der Waals surface area contributed by atoms with Crippen molar-refractivity contribution in [3.05, 3.63) is 64.2 Å². The largest absolute Gasteiger partial charge is 0.490 e. The average molecular weight is 599 g/mol. The van der Waals surface area contributed by atoms with Gasteiger partial charge < -0.3 is 10.1 Å². The van der Waals surface area contributed by atoms with Crippen LogP contribution in [-0.4, -0.2) is 63.6 Å². The van der Waals surface area contributed by atoms with Crippen LogP contribution in [0.2, 0.25) is 0 Å². The van der Waals surface area contributed by atoms with Crippen LogP contribution in [0, 0.1) is 0 Å². The van der Waals surface area contributed by atoms with Gasteiger partial charge in [-0.3, -0.25) is 39.1 Å². The lowest BCUT2D eigenvalue weighted by molar-refractivity contribution is -0.136. The number of imide groups is 2. The van der Waals surface area contributed by atoms with Gasteiger partial charge in [0.15, 0.2) is 0 Å². The van der Waals surface area contributed by atoms with E-state index in [1.165, 1.54) is 19.3 Å². The number of rotatable bonds is 6. The van der Waals surface area contributed by atoms with E-state index in [-0.39, 0.29) is 36.8 Å². The van der Waals surface area contributed by atoms with Crippen LogP contribution in [-0.2, 0) is 22.7 Å². The van der Waals surface area contributed by atoms with Crippen LogP contribution in [0.3, 0.4) is 0 Å². The van der Waals surface area contributed by atoms with Crippen LogP contribution in [0.5, 0.6) is 5.75 Å². The SMILES string of the molecule is O=C1CC[C@@H](N2C(=O)c3cc4c(cc3C2=O)CN([C@H]2CC[C@H](Oc3ccc(C(=O)NC5CCCCC5)cc3)CC2)C4)C(=O)N1. The molecule has 2 N–H and O–H groups in total. The molecule has 0 unspecified atom stereocenters. The Balaban J connectivity index is 0.918. The number of benzene rings is 2. The van der Waals surface area contributed by atoms with Gasteiger partial charge in [0.25, 0.3) is 17.7 Å². The molecule has 0 radical (unpaired) electrons. The van der Waals surface area contributed by atoms with Crippen LogP contribution >= 0.6 is 0 Å². The van der Waals surface area contributed by atoms with Crippen molar-refractivity contribution in [2.24, 2.45) is 0 Å². The van der Waals surface area contributed by atoms with Crippen molar-refractivity contribution < 1.29 is 28.7 Å². The molecule has 3 aliphatic heterocycles. The maximum atomic E-state index is 13.2. The van der Waals surface area contributed by atoms with Crippen LogP contribution in [0.4, 0.5) is 0 Å². The number of ether oxygens (including phenoxy) is 1. The minimum atomic E-state index is -0.951. The summed E-state index contributed by atoms with van der Waals surface area (Å²) in [4.78, 5) is 66.5. The number of fused-ring (bicyclic) bond motifs is 2. The Kier molecular flexibility index (Phi) is 7.70. The first-order chi connectivity index (χ1) is 21.3. The van der Waals surface area contributed by atoms with Gasteiger partial charge in [0.05, 0.1) is 17.2 Å². The van der Waals surface area contributed by atoms with Crippen molar-refractivity contribution in [3.8, 4) is 5.75 Å². The molecule has 2 aliphatic carbocycles. The zero-order chi connectivity index (χ0) is 30.4. The summed E-state index contributed by atoms with van der Waals surface area (Å²) in [5.74, 6) is -1.13. The van der Waals surface area contributed by atoms with Gasteiger partial charge in [-0.25, -0.2) is 0 Å². The third-order valence-corrected chi connectivity index (χ3v) is 10.0. The zero-order valence-electron chi connectivity index (χ0n) is 24.8. The third kappa shape index (κ3) is 5.51. The Morgan fingerprint density at radius 3 is 2.05 bits per heavy atom. The molecule has 5 amide bonds. The molecule has 0 aromatic heterocycles. The number of hydrogen-bond donors (Lipinski definition) is 2. The lowest BCUT2D eigenvalue weighted by Crippen LogP contribution is -2.54. The normalized spacial score (nSPS) is 25.9. The predicted octanol–water partition coefficient (Wildman–Crippen LogP) is 3.86. The Morgan fingerprint density at radius 2 is 1.43 bits per heavy atom. The van der Waals surface area contributed by atoms with Gasteiger partial charge in [-0.05, 0) is 92.5 Å². The zero-order valence-corrected chi connectivity index (χ0v) is 24.8. The summed E-state index contributed by atoms with van der Waals surface area (Å²) in [5, 5.41) is 5.41. The van der Waals surface area contributed by atoms with Gasteiger partial charge in [-0.2, -0.15) is 0 Å². The molecule has 5 aliphatic rings. The fourth-order valence-electron chi connectivity index (χ4n) is 7.57. The van der Waals surface area contributed by atoms with Crippen molar-refractivity contribution >= 4 is 29.5 Å². The Hall–Kier alpha value is -4.05. The van der Waals surface area contributed by atoms with Crippen molar-refractivity contribution in [3.63, 3.8) is 0 Å². The first-order valence-electron chi connectivity index (χ1n) is 16.0. The second-order valence-corrected chi connectivity index (χ2v) is 12.9. The molecule has 7 rings (SSSR count). The molecule has 10 heteroatoms. The van der Waals surface area contributed by atoms with E-state index < -0.39 is 23.8 Å². The fraction of sp³-hybridized carbons (Fsp3) is 0.500. The second kappa shape index (κ2) is 11.8. The molecule has 3 fully saturated rings. The third-order valence-electron chi connectivity index (χ3n) is 10.0. The molecule has 230 valence electrons. The van der Waals surface area contributed by atoms with Crippen LogP contribution in [0.15, 0.2) is 36.4 Å². The molecule has 1 atom stereocenters. The molecule has 10 nitrogen and oxygen atoms in total. The molecule has 0 spiro atoms. The molecule has 2 aromatic rings. The monoisotopic (exact) mass is 598 g/mol. The van der Waals surface area contributed by atoms with Crippen molar-refractivity contribution in [1.29, 1.82) is 0 Å². The predicted molar refractivity (Wildman–Crippen MR) is 160 cm³/mol. The second-order valence-electron chi connectivity index (χ2n) is 12.9. The van der Waals surface area contributed by atoms with Crippen molar-refractivity contribution in [1.82, 2.24) is 20.4 Å². The van der Waals surface area contributed by atoms with E-state index in [1.54, 1.807) is 0 Å². The lowest BCUT2D eigenvalue weighted by Gasteiger charge is -2.34. The number of hydrogen-bond acceptors (Lipinski definition) is 7. The molecule has 44 heavy (non-hydrogen) atoms. The van der Waals surface area contributed by atoms with Gasteiger partial charge >= 0.3 is 0 Å². The summed E-state index contributed by atoms with van der Waals surface area (Å²) in [6.07, 6.45) is 9.95. The number of piperidine rings is 1. The standard InChI is InChI=1S/C34H38N4O6/c39-30-15-14-29(32(41)36-30)38-33(42)27-16-21-18-37(19-22(21)17-28(27)34(38)43)24-8-12-26(13-9-24)44-25-10-6-20(7-11-25)31(40)35-23-4-2-1-3-5-23/h6-7,10-11,16-17,23-24,26,29H,1-5,8-9,12-15,18-19H2,(H,35,40)(H,36,39,41)/t24-,26-,29-/m1/s1. The highest BCUT2D eigenvalue weighted by molar-refractivity contribution is 6.23. The van der Waals surface area contributed by atoms with Crippen LogP contribution in [0.1, 0.15) is 113 Å². The van der Waals surface area contributed by atoms with E-state index in [0.717, 1.165) is 60.3 Å². The van der Waals surface area contributed by atoms with E-state index in [4.69, 9.17) is 4.74 Å². The molecular weight excluding hydrogens is 560 g/mol. The van der Waals surface area contributed by atoms with Gasteiger partial charge in [0.1, 0.15) is 11.8 Å². The van der Waals surface area contributed by atoms with E-state index in [2.05, 4.69) is 15.5 Å². The summed E-state index contributed by atoms with van der Waals surface area (Å²) in [5.41, 5.74) is 3.44. The van der Waals surface area contributed by atoms with E-state index in [1.807, 2.05) is 36.4 Å². The number of carbonyl (C=O) groups is 5. The molecule has 1 saturated heterocycles. The first-order valence-corrected chi connectivity index (χ1v) is 16.0. The van der Waals surface area contributed by atoms with E-state index in [0.29, 0.717) is 35.8 Å². The molecule has 2 saturated carbocycles. The Labute approximate surface area is 256 Å². The van der Waals surface area contributed by atoms with Crippen molar-refractivity contribution in [2.75, 3.05) is 0 Å². The number of nitrogens with one attached hydrogen (secondary N) is 2. The maximum Gasteiger partial charge on any atom is 0.262 e. The summed E-state index contributed by atoms with van der Waals surface area (Å²) in [6.45, 7) is 1.42. The molecular formula is C34H38N4O6. The molecule has 3 heterocycles. The van der Waals surface area contributed by atoms with Crippen LogP contribution < -0.4 is 15.4 Å². The van der Waals surface area contributed by atoms with Gasteiger partial charge in [0.2, 0.25) is 11.8 Å². The number of carbonyl (C=O) groups excluding carboxylic acids is 5. The highest BCUT2D eigenvalue weighted by atomic mass is 16.5. The summed E-state index contributed by atoms with van der Waals surface area (Å²) < 4.78 is 6.29. The van der Waals surface area contributed by atoms with Gasteiger partial charge in [-0.1, -0.05) is 19.3 Å². The Bertz CT molecular complexity index is 1460. The molecule has 0 bridgehead atoms. The summed E-state index contributed by atoms with van der Waals surface area (Å²) in [6, 6.07) is 10.8. The fourth-order valence-corrected chi connectivity index (χ4v) is 7.57. The highest BCUT2D eigenvalue weighted by Gasteiger charge is 2.45. The van der Waals surface area contributed by atoms with E-state index >= 15 is 0 Å². The maximum absolute atomic E-state index is 13.2. The minimum Gasteiger partial charge on any atom is -0.490 e. The topological polar surface area (TPSA) is 125 Å². The quantitative estimate of drug-likeness (QED) is 0.484. The summed E-state index contributed by atoms with van der Waals surface area (Å²) >= 11 is 0. The highest BCUT2D eigenvalue weighted by Crippen LogP contribution is 2.36.